The average Bonchev–Trinajstić information content (AvgIpc) is 3.06. The molecular formula is C19H28N4O2. The first-order valence-electron chi connectivity index (χ1n) is 9.19. The molecule has 1 saturated heterocycles. The maximum Gasteiger partial charge on any atom is 0.223 e. The number of amides is 1. The predicted octanol–water partition coefficient (Wildman–Crippen LogP) is 1.72. The molecule has 2 heterocycles. The average molecular weight is 344 g/mol. The normalized spacial score (nSPS) is 17.2. The van der Waals surface area contributed by atoms with E-state index in [1.807, 2.05) is 30.0 Å². The molecule has 25 heavy (non-hydrogen) atoms. The highest BCUT2D eigenvalue weighted by Crippen LogP contribution is 2.17. The highest BCUT2D eigenvalue weighted by atomic mass is 16.3. The smallest absolute Gasteiger partial charge is 0.223 e. The molecule has 136 valence electrons. The first kappa shape index (κ1) is 17.9. The molecule has 1 aliphatic heterocycles. The van der Waals surface area contributed by atoms with Gasteiger partial charge in [0.25, 0.3) is 0 Å². The van der Waals surface area contributed by atoms with Crippen LogP contribution in [0.1, 0.15) is 31.2 Å². The number of H-pyrrole nitrogens is 1. The van der Waals surface area contributed by atoms with Crippen molar-refractivity contribution in [3.8, 4) is 0 Å². The van der Waals surface area contributed by atoms with Gasteiger partial charge in [0.2, 0.25) is 5.91 Å². The number of aliphatic hydroxyl groups excluding tert-OH is 1. The molecule has 1 aromatic carbocycles. The molecule has 0 bridgehead atoms. The molecule has 6 heteroatoms. The summed E-state index contributed by atoms with van der Waals surface area (Å²) in [5.74, 6) is 1.07. The second-order valence-electron chi connectivity index (χ2n) is 6.82. The summed E-state index contributed by atoms with van der Waals surface area (Å²) in [6, 6.07) is 6.30. The Labute approximate surface area is 148 Å². The number of hydrogen-bond donors (Lipinski definition) is 2. The Kier molecular flexibility index (Phi) is 5.71. The molecule has 1 fully saturated rings. The maximum absolute atomic E-state index is 12.5. The van der Waals surface area contributed by atoms with E-state index >= 15 is 0 Å². The van der Waals surface area contributed by atoms with E-state index in [1.165, 1.54) is 0 Å². The number of carbonyl (C=O) groups excluding carboxylic acids is 1. The number of imidazole rings is 1. The summed E-state index contributed by atoms with van der Waals surface area (Å²) in [6.45, 7) is 7.50. The fourth-order valence-corrected chi connectivity index (χ4v) is 3.57. The highest BCUT2D eigenvalue weighted by molar-refractivity contribution is 5.79. The second-order valence-corrected chi connectivity index (χ2v) is 6.82. The number of carbonyl (C=O) groups is 1. The topological polar surface area (TPSA) is 72.5 Å². The Balaban J connectivity index is 1.52. The van der Waals surface area contributed by atoms with Crippen molar-refractivity contribution in [3.63, 3.8) is 0 Å². The molecule has 1 aromatic heterocycles. The van der Waals surface area contributed by atoms with Gasteiger partial charge in [0.05, 0.1) is 17.6 Å². The molecule has 2 N–H and O–H groups in total. The molecule has 1 unspecified atom stereocenters. The number of aromatic nitrogens is 2. The molecule has 6 nitrogen and oxygen atoms in total. The number of aliphatic hydroxyl groups is 1. The van der Waals surface area contributed by atoms with Crippen molar-refractivity contribution in [3.05, 3.63) is 29.6 Å². The lowest BCUT2D eigenvalue weighted by atomic mass is 10.1. The van der Waals surface area contributed by atoms with Gasteiger partial charge in [-0.05, 0) is 25.0 Å². The van der Waals surface area contributed by atoms with E-state index in [4.69, 9.17) is 0 Å². The van der Waals surface area contributed by atoms with E-state index in [9.17, 15) is 9.90 Å². The Morgan fingerprint density at radius 1 is 1.32 bits per heavy atom. The van der Waals surface area contributed by atoms with Crippen molar-refractivity contribution in [2.75, 3.05) is 32.8 Å². The van der Waals surface area contributed by atoms with Gasteiger partial charge in [0, 0.05) is 45.1 Å². The number of aromatic amines is 1. The van der Waals surface area contributed by atoms with Gasteiger partial charge in [-0.3, -0.25) is 9.69 Å². The van der Waals surface area contributed by atoms with E-state index in [1.54, 1.807) is 0 Å². The minimum atomic E-state index is 0.189. The SMILES string of the molecule is CCC(CO)N1CCN(C(=O)CCc2nc3c(C)cccc3[nH]2)CC1. The fraction of sp³-hybridized carbons (Fsp3) is 0.579. The zero-order chi connectivity index (χ0) is 17.8. The first-order chi connectivity index (χ1) is 12.1. The quantitative estimate of drug-likeness (QED) is 0.837. The van der Waals surface area contributed by atoms with Gasteiger partial charge in [-0.2, -0.15) is 0 Å². The Bertz CT molecular complexity index is 715. The zero-order valence-corrected chi connectivity index (χ0v) is 15.2. The molecule has 0 saturated carbocycles. The van der Waals surface area contributed by atoms with Crippen molar-refractivity contribution in [2.24, 2.45) is 0 Å². The molecular weight excluding hydrogens is 316 g/mol. The second kappa shape index (κ2) is 7.97. The van der Waals surface area contributed by atoms with Crippen LogP contribution in [-0.2, 0) is 11.2 Å². The van der Waals surface area contributed by atoms with Crippen LogP contribution in [0.3, 0.4) is 0 Å². The number of nitrogens with one attached hydrogen (secondary N) is 1. The van der Waals surface area contributed by atoms with E-state index in [0.717, 1.165) is 55.0 Å². The van der Waals surface area contributed by atoms with Crippen LogP contribution in [-0.4, -0.2) is 69.6 Å². The summed E-state index contributed by atoms with van der Waals surface area (Å²) >= 11 is 0. The van der Waals surface area contributed by atoms with Crippen molar-refractivity contribution in [1.29, 1.82) is 0 Å². The number of benzene rings is 1. The van der Waals surface area contributed by atoms with E-state index in [2.05, 4.69) is 21.8 Å². The summed E-state index contributed by atoms with van der Waals surface area (Å²) in [5.41, 5.74) is 3.18. The number of fused-ring (bicyclic) bond motifs is 1. The number of para-hydroxylation sites is 1. The molecule has 2 aromatic rings. The molecule has 1 aliphatic rings. The third-order valence-corrected chi connectivity index (χ3v) is 5.20. The minimum Gasteiger partial charge on any atom is -0.395 e. The predicted molar refractivity (Wildman–Crippen MR) is 98.5 cm³/mol. The highest BCUT2D eigenvalue weighted by Gasteiger charge is 2.24. The molecule has 0 spiro atoms. The standard InChI is InChI=1S/C19H28N4O2/c1-3-15(13-24)22-9-11-23(12-10-22)18(25)8-7-17-20-16-6-4-5-14(2)19(16)21-17/h4-6,15,24H,3,7-13H2,1-2H3,(H,20,21). The van der Waals surface area contributed by atoms with Gasteiger partial charge in [0.1, 0.15) is 5.82 Å². The molecule has 1 amide bonds. The Morgan fingerprint density at radius 2 is 2.08 bits per heavy atom. The van der Waals surface area contributed by atoms with E-state index in [-0.39, 0.29) is 18.6 Å². The third kappa shape index (κ3) is 4.02. The lowest BCUT2D eigenvalue weighted by Gasteiger charge is -2.38. The van der Waals surface area contributed by atoms with Crippen molar-refractivity contribution in [2.45, 2.75) is 39.2 Å². The van der Waals surface area contributed by atoms with Gasteiger partial charge in [-0.1, -0.05) is 19.1 Å². The lowest BCUT2D eigenvalue weighted by Crippen LogP contribution is -2.52. The third-order valence-electron chi connectivity index (χ3n) is 5.20. The van der Waals surface area contributed by atoms with Gasteiger partial charge in [-0.25, -0.2) is 4.98 Å². The zero-order valence-electron chi connectivity index (χ0n) is 15.2. The van der Waals surface area contributed by atoms with E-state index < -0.39 is 0 Å². The number of rotatable bonds is 6. The number of piperazine rings is 1. The van der Waals surface area contributed by atoms with Crippen LogP contribution in [0.4, 0.5) is 0 Å². The minimum absolute atomic E-state index is 0.189. The molecule has 0 aliphatic carbocycles. The van der Waals surface area contributed by atoms with Crippen LogP contribution in [0.25, 0.3) is 11.0 Å². The lowest BCUT2D eigenvalue weighted by molar-refractivity contribution is -0.133. The van der Waals surface area contributed by atoms with Crippen molar-refractivity contribution < 1.29 is 9.90 Å². The maximum atomic E-state index is 12.5. The van der Waals surface area contributed by atoms with Crippen LogP contribution >= 0.6 is 0 Å². The fourth-order valence-electron chi connectivity index (χ4n) is 3.57. The van der Waals surface area contributed by atoms with Crippen molar-refractivity contribution in [1.82, 2.24) is 19.8 Å². The van der Waals surface area contributed by atoms with Gasteiger partial charge >= 0.3 is 0 Å². The number of aryl methyl sites for hydroxylation is 2. The van der Waals surface area contributed by atoms with Gasteiger partial charge < -0.3 is 15.0 Å². The molecule has 1 atom stereocenters. The summed E-state index contributed by atoms with van der Waals surface area (Å²) in [6.07, 6.45) is 2.06. The van der Waals surface area contributed by atoms with Crippen molar-refractivity contribution >= 4 is 16.9 Å². The summed E-state index contributed by atoms with van der Waals surface area (Å²) in [4.78, 5) is 24.6. The van der Waals surface area contributed by atoms with Crippen LogP contribution in [0.2, 0.25) is 0 Å². The number of nitrogens with zero attached hydrogens (tertiary/aromatic N) is 3. The summed E-state index contributed by atoms with van der Waals surface area (Å²) < 4.78 is 0. The largest absolute Gasteiger partial charge is 0.395 e. The van der Waals surface area contributed by atoms with E-state index in [0.29, 0.717) is 12.8 Å². The molecule has 3 rings (SSSR count). The Hall–Kier alpha value is -1.92. The van der Waals surface area contributed by atoms with Gasteiger partial charge in [0.15, 0.2) is 0 Å². The summed E-state index contributed by atoms with van der Waals surface area (Å²) in [5, 5.41) is 9.41. The summed E-state index contributed by atoms with van der Waals surface area (Å²) in [7, 11) is 0. The monoisotopic (exact) mass is 344 g/mol. The van der Waals surface area contributed by atoms with Crippen LogP contribution in [0, 0.1) is 6.92 Å². The first-order valence-corrected chi connectivity index (χ1v) is 9.19. The van der Waals surface area contributed by atoms with Crippen LogP contribution in [0.5, 0.6) is 0 Å². The Morgan fingerprint density at radius 3 is 2.72 bits per heavy atom. The van der Waals surface area contributed by atoms with Crippen LogP contribution in [0.15, 0.2) is 18.2 Å². The van der Waals surface area contributed by atoms with Gasteiger partial charge in [-0.15, -0.1) is 0 Å². The molecule has 0 radical (unpaired) electrons. The van der Waals surface area contributed by atoms with Crippen LogP contribution < -0.4 is 0 Å². The number of hydrogen-bond acceptors (Lipinski definition) is 4.